The van der Waals surface area contributed by atoms with E-state index in [1.165, 1.54) is 0 Å². The number of carbonyl (C=O) groups is 2. The molecule has 0 saturated heterocycles. The van der Waals surface area contributed by atoms with Crippen molar-refractivity contribution in [3.05, 3.63) is 65.6 Å². The van der Waals surface area contributed by atoms with E-state index in [1.807, 2.05) is 24.4 Å². The summed E-state index contributed by atoms with van der Waals surface area (Å²) >= 11 is 0. The third-order valence-electron chi connectivity index (χ3n) is 3.96. The third kappa shape index (κ3) is 3.59. The number of hydrogen-bond acceptors (Lipinski definition) is 4. The normalized spacial score (nSPS) is 10.7. The molecule has 0 atom stereocenters. The van der Waals surface area contributed by atoms with Gasteiger partial charge in [-0.3, -0.25) is 9.20 Å². The summed E-state index contributed by atoms with van der Waals surface area (Å²) < 4.78 is 6.76. The van der Waals surface area contributed by atoms with Gasteiger partial charge in [0.25, 0.3) is 5.91 Å². The number of aromatic nitrogens is 2. The minimum atomic E-state index is -0.377. The number of hydrogen-bond donors (Lipinski definition) is 1. The molecule has 26 heavy (non-hydrogen) atoms. The molecule has 2 heterocycles. The molecule has 0 unspecified atom stereocenters. The van der Waals surface area contributed by atoms with Crippen LogP contribution in [0.1, 0.15) is 46.8 Å². The highest BCUT2D eigenvalue weighted by molar-refractivity contribution is 6.04. The van der Waals surface area contributed by atoms with Gasteiger partial charge in [-0.05, 0) is 49.7 Å². The number of nitrogens with one attached hydrogen (secondary N) is 1. The summed E-state index contributed by atoms with van der Waals surface area (Å²) in [7, 11) is 0. The number of carbonyl (C=O) groups excluding carboxylic acids is 2. The average Bonchev–Trinajstić information content (AvgIpc) is 3.01. The van der Waals surface area contributed by atoms with Gasteiger partial charge in [0.05, 0.1) is 17.9 Å². The second-order valence-electron chi connectivity index (χ2n) is 5.84. The zero-order valence-electron chi connectivity index (χ0n) is 14.9. The molecular formula is C20H21N3O3. The maximum absolute atomic E-state index is 12.8. The number of fused-ring (bicyclic) bond motifs is 1. The Balaban J connectivity index is 1.85. The second-order valence-corrected chi connectivity index (χ2v) is 5.84. The highest BCUT2D eigenvalue weighted by Crippen LogP contribution is 2.17. The van der Waals surface area contributed by atoms with Gasteiger partial charge in [-0.1, -0.05) is 19.4 Å². The molecule has 2 aromatic heterocycles. The second kappa shape index (κ2) is 7.82. The Hall–Kier alpha value is -3.15. The van der Waals surface area contributed by atoms with Gasteiger partial charge in [0.2, 0.25) is 0 Å². The molecule has 3 rings (SSSR count). The monoisotopic (exact) mass is 351 g/mol. The molecule has 0 aliphatic carbocycles. The summed E-state index contributed by atoms with van der Waals surface area (Å²) in [6.45, 7) is 4.14. The van der Waals surface area contributed by atoms with Crippen LogP contribution in [0, 0.1) is 0 Å². The number of imidazole rings is 1. The van der Waals surface area contributed by atoms with Crippen molar-refractivity contribution in [1.29, 1.82) is 0 Å². The van der Waals surface area contributed by atoms with Crippen LogP contribution in [0.4, 0.5) is 5.69 Å². The van der Waals surface area contributed by atoms with Crippen molar-refractivity contribution in [3.63, 3.8) is 0 Å². The standard InChI is InChI=1S/C20H21N3O3/c1-3-7-16-18(23-13-6-5-8-17(23)22-16)19(24)21-15-11-9-14(10-12-15)20(25)26-4-2/h5-6,8-13H,3-4,7H2,1-2H3,(H,21,24). The van der Waals surface area contributed by atoms with Gasteiger partial charge in [0, 0.05) is 11.9 Å². The van der Waals surface area contributed by atoms with Gasteiger partial charge >= 0.3 is 5.97 Å². The van der Waals surface area contributed by atoms with Gasteiger partial charge in [-0.15, -0.1) is 0 Å². The van der Waals surface area contributed by atoms with Crippen LogP contribution in [0.2, 0.25) is 0 Å². The van der Waals surface area contributed by atoms with Crippen molar-refractivity contribution in [2.75, 3.05) is 11.9 Å². The smallest absolute Gasteiger partial charge is 0.338 e. The first-order valence-electron chi connectivity index (χ1n) is 8.68. The Bertz CT molecular complexity index is 929. The van der Waals surface area contributed by atoms with E-state index < -0.39 is 0 Å². The summed E-state index contributed by atoms with van der Waals surface area (Å²) in [4.78, 5) is 29.1. The first kappa shape index (κ1) is 17.7. The van der Waals surface area contributed by atoms with Crippen LogP contribution in [0.3, 0.4) is 0 Å². The van der Waals surface area contributed by atoms with Gasteiger partial charge in [0.15, 0.2) is 0 Å². The van der Waals surface area contributed by atoms with E-state index >= 15 is 0 Å². The lowest BCUT2D eigenvalue weighted by molar-refractivity contribution is 0.0526. The molecule has 0 spiro atoms. The first-order valence-corrected chi connectivity index (χ1v) is 8.68. The number of rotatable bonds is 6. The maximum atomic E-state index is 12.8. The van der Waals surface area contributed by atoms with E-state index in [0.29, 0.717) is 23.6 Å². The van der Waals surface area contributed by atoms with E-state index in [9.17, 15) is 9.59 Å². The molecule has 1 aromatic carbocycles. The topological polar surface area (TPSA) is 72.7 Å². The third-order valence-corrected chi connectivity index (χ3v) is 3.96. The molecule has 3 aromatic rings. The largest absolute Gasteiger partial charge is 0.462 e. The Kier molecular flexibility index (Phi) is 5.31. The summed E-state index contributed by atoms with van der Waals surface area (Å²) in [5.41, 5.74) is 3.12. The van der Waals surface area contributed by atoms with Crippen LogP contribution < -0.4 is 5.32 Å². The molecule has 0 aliphatic heterocycles. The van der Waals surface area contributed by atoms with E-state index in [0.717, 1.165) is 24.2 Å². The summed E-state index contributed by atoms with van der Waals surface area (Å²) in [6, 6.07) is 12.3. The van der Waals surface area contributed by atoms with Crippen molar-refractivity contribution in [1.82, 2.24) is 9.38 Å². The van der Waals surface area contributed by atoms with Gasteiger partial charge in [-0.25, -0.2) is 9.78 Å². The molecule has 0 saturated carbocycles. The van der Waals surface area contributed by atoms with Crippen LogP contribution in [-0.4, -0.2) is 27.9 Å². The van der Waals surface area contributed by atoms with Crippen molar-refractivity contribution in [2.24, 2.45) is 0 Å². The number of pyridine rings is 1. The molecule has 1 amide bonds. The van der Waals surface area contributed by atoms with Crippen LogP contribution in [0.5, 0.6) is 0 Å². The zero-order valence-corrected chi connectivity index (χ0v) is 14.9. The quantitative estimate of drug-likeness (QED) is 0.687. The van der Waals surface area contributed by atoms with Crippen LogP contribution >= 0.6 is 0 Å². The predicted octanol–water partition coefficient (Wildman–Crippen LogP) is 3.72. The maximum Gasteiger partial charge on any atom is 0.338 e. The fourth-order valence-electron chi connectivity index (χ4n) is 2.79. The number of ether oxygens (including phenoxy) is 1. The molecule has 134 valence electrons. The fourth-order valence-corrected chi connectivity index (χ4v) is 2.79. The van der Waals surface area contributed by atoms with Gasteiger partial charge < -0.3 is 10.1 Å². The SMILES string of the molecule is CCCc1nc2ccccn2c1C(=O)Nc1ccc(C(=O)OCC)cc1. The Morgan fingerprint density at radius 2 is 1.88 bits per heavy atom. The molecule has 6 heteroatoms. The van der Waals surface area contributed by atoms with Crippen LogP contribution in [0.25, 0.3) is 5.65 Å². The van der Waals surface area contributed by atoms with E-state index in [4.69, 9.17) is 4.74 Å². The predicted molar refractivity (Wildman–Crippen MR) is 99.5 cm³/mol. The number of aryl methyl sites for hydroxylation is 1. The molecule has 0 fully saturated rings. The van der Waals surface area contributed by atoms with E-state index in [2.05, 4.69) is 17.2 Å². The van der Waals surface area contributed by atoms with Gasteiger partial charge in [0.1, 0.15) is 11.3 Å². The zero-order chi connectivity index (χ0) is 18.5. The average molecular weight is 351 g/mol. The van der Waals surface area contributed by atoms with Crippen molar-refractivity contribution >= 4 is 23.2 Å². The lowest BCUT2D eigenvalue weighted by Gasteiger charge is -2.08. The molecule has 0 aliphatic rings. The van der Waals surface area contributed by atoms with Crippen molar-refractivity contribution in [3.8, 4) is 0 Å². The number of esters is 1. The highest BCUT2D eigenvalue weighted by Gasteiger charge is 2.18. The minimum absolute atomic E-state index is 0.226. The van der Waals surface area contributed by atoms with Gasteiger partial charge in [-0.2, -0.15) is 0 Å². The van der Waals surface area contributed by atoms with Crippen molar-refractivity contribution in [2.45, 2.75) is 26.7 Å². The van der Waals surface area contributed by atoms with Crippen LogP contribution in [-0.2, 0) is 11.2 Å². The number of benzene rings is 1. The van der Waals surface area contributed by atoms with Crippen LogP contribution in [0.15, 0.2) is 48.7 Å². The Morgan fingerprint density at radius 1 is 1.12 bits per heavy atom. The molecular weight excluding hydrogens is 330 g/mol. The fraction of sp³-hybridized carbons (Fsp3) is 0.250. The lowest BCUT2D eigenvalue weighted by atomic mass is 10.2. The Labute approximate surface area is 151 Å². The van der Waals surface area contributed by atoms with E-state index in [1.54, 1.807) is 35.6 Å². The first-order chi connectivity index (χ1) is 12.6. The number of nitrogens with zero attached hydrogens (tertiary/aromatic N) is 2. The van der Waals surface area contributed by atoms with Crippen molar-refractivity contribution < 1.29 is 14.3 Å². The summed E-state index contributed by atoms with van der Waals surface area (Å²) in [6.07, 6.45) is 3.46. The molecule has 0 bridgehead atoms. The molecule has 6 nitrogen and oxygen atoms in total. The Morgan fingerprint density at radius 3 is 2.58 bits per heavy atom. The highest BCUT2D eigenvalue weighted by atomic mass is 16.5. The summed E-state index contributed by atoms with van der Waals surface area (Å²) in [5.74, 6) is -0.603. The number of anilines is 1. The van der Waals surface area contributed by atoms with E-state index in [-0.39, 0.29) is 11.9 Å². The lowest BCUT2D eigenvalue weighted by Crippen LogP contribution is -2.16. The summed E-state index contributed by atoms with van der Waals surface area (Å²) in [5, 5.41) is 2.88. The molecule has 1 N–H and O–H groups in total. The molecule has 0 radical (unpaired) electrons. The number of amides is 1. The minimum Gasteiger partial charge on any atom is -0.462 e.